The van der Waals surface area contributed by atoms with Crippen LogP contribution in [0.3, 0.4) is 0 Å². The van der Waals surface area contributed by atoms with E-state index in [4.69, 9.17) is 23.2 Å². The highest BCUT2D eigenvalue weighted by atomic mass is 35.5. The van der Waals surface area contributed by atoms with Crippen molar-refractivity contribution in [2.75, 3.05) is 11.9 Å². The SMILES string of the molecule is O=C(Nc1cc(Cl)cc(Cl)c1)C(=O)NC1CCCCC1CO. The molecule has 1 aromatic carbocycles. The van der Waals surface area contributed by atoms with Gasteiger partial charge in [0.2, 0.25) is 0 Å². The third-order valence-electron chi connectivity index (χ3n) is 3.79. The van der Waals surface area contributed by atoms with Crippen LogP contribution in [0.15, 0.2) is 18.2 Å². The molecule has 5 nitrogen and oxygen atoms in total. The standard InChI is InChI=1S/C15H18Cl2N2O3/c16-10-5-11(17)7-12(6-10)18-14(21)15(22)19-13-4-2-1-3-9(13)8-20/h5-7,9,13,20H,1-4,8H2,(H,18,21)(H,19,22). The summed E-state index contributed by atoms with van der Waals surface area (Å²) in [6, 6.07) is 4.39. The molecule has 7 heteroatoms. The Morgan fingerprint density at radius 1 is 1.09 bits per heavy atom. The average molecular weight is 345 g/mol. The predicted octanol–water partition coefficient (Wildman–Crippen LogP) is 2.60. The van der Waals surface area contributed by atoms with Gasteiger partial charge in [0.15, 0.2) is 0 Å². The third-order valence-corrected chi connectivity index (χ3v) is 4.22. The summed E-state index contributed by atoms with van der Waals surface area (Å²) in [5.74, 6) is -1.49. The largest absolute Gasteiger partial charge is 0.396 e. The van der Waals surface area contributed by atoms with Gasteiger partial charge >= 0.3 is 11.8 Å². The first-order valence-corrected chi connectivity index (χ1v) is 7.94. The summed E-state index contributed by atoms with van der Waals surface area (Å²) in [7, 11) is 0. The van der Waals surface area contributed by atoms with Gasteiger partial charge in [-0.25, -0.2) is 0 Å². The van der Waals surface area contributed by atoms with Gasteiger partial charge in [-0.15, -0.1) is 0 Å². The highest BCUT2D eigenvalue weighted by Crippen LogP contribution is 2.24. The van der Waals surface area contributed by atoms with Crippen molar-refractivity contribution in [1.82, 2.24) is 5.32 Å². The number of amides is 2. The van der Waals surface area contributed by atoms with E-state index in [-0.39, 0.29) is 18.6 Å². The van der Waals surface area contributed by atoms with Crippen LogP contribution in [0.25, 0.3) is 0 Å². The van der Waals surface area contributed by atoms with Gasteiger partial charge in [-0.05, 0) is 31.0 Å². The number of halogens is 2. The second kappa shape index (κ2) is 7.81. The van der Waals surface area contributed by atoms with Crippen molar-refractivity contribution >= 4 is 40.7 Å². The van der Waals surface area contributed by atoms with E-state index in [0.29, 0.717) is 15.7 Å². The number of carbonyl (C=O) groups excluding carboxylic acids is 2. The summed E-state index contributed by atoms with van der Waals surface area (Å²) in [5.41, 5.74) is 0.361. The second-order valence-electron chi connectivity index (χ2n) is 5.42. The molecule has 0 aromatic heterocycles. The molecule has 0 bridgehead atoms. The maximum absolute atomic E-state index is 12.0. The first-order chi connectivity index (χ1) is 10.5. The maximum Gasteiger partial charge on any atom is 0.313 e. The zero-order chi connectivity index (χ0) is 16.1. The molecular weight excluding hydrogens is 327 g/mol. The number of nitrogens with one attached hydrogen (secondary N) is 2. The van der Waals surface area contributed by atoms with E-state index in [0.717, 1.165) is 25.7 Å². The third kappa shape index (κ3) is 4.60. The van der Waals surface area contributed by atoms with Gasteiger partial charge in [-0.1, -0.05) is 36.0 Å². The molecule has 1 aromatic rings. The molecule has 0 radical (unpaired) electrons. The number of aliphatic hydroxyl groups excluding tert-OH is 1. The number of hydrogen-bond acceptors (Lipinski definition) is 3. The molecule has 0 spiro atoms. The van der Waals surface area contributed by atoms with Gasteiger partial charge in [-0.3, -0.25) is 9.59 Å². The van der Waals surface area contributed by atoms with Crippen LogP contribution in [0.5, 0.6) is 0 Å². The summed E-state index contributed by atoms with van der Waals surface area (Å²) < 4.78 is 0. The number of hydrogen-bond donors (Lipinski definition) is 3. The zero-order valence-corrected chi connectivity index (χ0v) is 13.5. The highest BCUT2D eigenvalue weighted by molar-refractivity contribution is 6.40. The monoisotopic (exact) mass is 344 g/mol. The van der Waals surface area contributed by atoms with Crippen LogP contribution in [0, 0.1) is 5.92 Å². The Bertz CT molecular complexity index is 545. The molecule has 1 aliphatic carbocycles. The molecule has 1 aliphatic rings. The highest BCUT2D eigenvalue weighted by Gasteiger charge is 2.27. The van der Waals surface area contributed by atoms with Crippen LogP contribution in [0.4, 0.5) is 5.69 Å². The molecule has 2 atom stereocenters. The number of benzene rings is 1. The summed E-state index contributed by atoms with van der Waals surface area (Å²) in [5, 5.41) is 15.2. The maximum atomic E-state index is 12.0. The molecule has 2 rings (SSSR count). The van der Waals surface area contributed by atoms with E-state index < -0.39 is 11.8 Å². The van der Waals surface area contributed by atoms with Crippen molar-refractivity contribution in [1.29, 1.82) is 0 Å². The summed E-state index contributed by atoms with van der Waals surface area (Å²) in [6.07, 6.45) is 3.64. The van der Waals surface area contributed by atoms with Gasteiger partial charge < -0.3 is 15.7 Å². The minimum atomic E-state index is -0.777. The first-order valence-electron chi connectivity index (χ1n) is 7.18. The molecule has 2 unspecified atom stereocenters. The van der Waals surface area contributed by atoms with Crippen molar-refractivity contribution in [3.05, 3.63) is 28.2 Å². The van der Waals surface area contributed by atoms with Crippen molar-refractivity contribution in [3.63, 3.8) is 0 Å². The molecule has 0 aliphatic heterocycles. The molecule has 3 N–H and O–H groups in total. The number of anilines is 1. The average Bonchev–Trinajstić information content (AvgIpc) is 2.46. The van der Waals surface area contributed by atoms with Crippen molar-refractivity contribution in [3.8, 4) is 0 Å². The Hall–Kier alpha value is -1.30. The van der Waals surface area contributed by atoms with E-state index in [9.17, 15) is 14.7 Å². The Balaban J connectivity index is 1.95. The number of rotatable bonds is 3. The smallest absolute Gasteiger partial charge is 0.313 e. The van der Waals surface area contributed by atoms with E-state index in [1.54, 1.807) is 0 Å². The quantitative estimate of drug-likeness (QED) is 0.737. The molecule has 1 fully saturated rings. The Morgan fingerprint density at radius 3 is 2.36 bits per heavy atom. The lowest BCUT2D eigenvalue weighted by Crippen LogP contribution is -2.47. The fraction of sp³-hybridized carbons (Fsp3) is 0.467. The van der Waals surface area contributed by atoms with Gasteiger partial charge in [0.25, 0.3) is 0 Å². The van der Waals surface area contributed by atoms with Crippen molar-refractivity contribution in [2.24, 2.45) is 5.92 Å². The molecule has 2 amide bonds. The van der Waals surface area contributed by atoms with Gasteiger partial charge in [0.1, 0.15) is 0 Å². The Kier molecular flexibility index (Phi) is 6.06. The second-order valence-corrected chi connectivity index (χ2v) is 6.29. The molecular formula is C15H18Cl2N2O3. The molecule has 0 saturated heterocycles. The van der Waals surface area contributed by atoms with Gasteiger partial charge in [0.05, 0.1) is 0 Å². The van der Waals surface area contributed by atoms with Crippen LogP contribution < -0.4 is 10.6 Å². The van der Waals surface area contributed by atoms with Gasteiger partial charge in [-0.2, -0.15) is 0 Å². The van der Waals surface area contributed by atoms with Crippen LogP contribution in [-0.2, 0) is 9.59 Å². The first kappa shape index (κ1) is 17.1. The fourth-order valence-electron chi connectivity index (χ4n) is 2.66. The minimum absolute atomic E-state index is 0.00566. The molecule has 1 saturated carbocycles. The number of aliphatic hydroxyl groups is 1. The number of carbonyl (C=O) groups is 2. The van der Waals surface area contributed by atoms with Crippen LogP contribution >= 0.6 is 23.2 Å². The summed E-state index contributed by atoms with van der Waals surface area (Å²) in [6.45, 7) is 0.0104. The Morgan fingerprint density at radius 2 is 1.73 bits per heavy atom. The molecule has 22 heavy (non-hydrogen) atoms. The van der Waals surface area contributed by atoms with E-state index >= 15 is 0 Å². The lowest BCUT2D eigenvalue weighted by Gasteiger charge is -2.30. The lowest BCUT2D eigenvalue weighted by molar-refractivity contribution is -0.137. The van der Waals surface area contributed by atoms with Gasteiger partial charge in [0, 0.05) is 34.3 Å². The zero-order valence-electron chi connectivity index (χ0n) is 11.9. The normalized spacial score (nSPS) is 21.2. The van der Waals surface area contributed by atoms with Crippen LogP contribution in [-0.4, -0.2) is 29.6 Å². The van der Waals surface area contributed by atoms with Crippen LogP contribution in [0.2, 0.25) is 10.0 Å². The van der Waals surface area contributed by atoms with E-state index in [2.05, 4.69) is 10.6 Å². The van der Waals surface area contributed by atoms with E-state index in [1.807, 2.05) is 0 Å². The van der Waals surface area contributed by atoms with Crippen LogP contribution in [0.1, 0.15) is 25.7 Å². The fourth-order valence-corrected chi connectivity index (χ4v) is 3.19. The van der Waals surface area contributed by atoms with Crippen molar-refractivity contribution < 1.29 is 14.7 Å². The predicted molar refractivity (Wildman–Crippen MR) is 86.1 cm³/mol. The molecule has 120 valence electrons. The van der Waals surface area contributed by atoms with Crippen molar-refractivity contribution in [2.45, 2.75) is 31.7 Å². The topological polar surface area (TPSA) is 78.4 Å². The lowest BCUT2D eigenvalue weighted by atomic mass is 9.85. The summed E-state index contributed by atoms with van der Waals surface area (Å²) in [4.78, 5) is 23.9. The van der Waals surface area contributed by atoms with E-state index in [1.165, 1.54) is 18.2 Å². The minimum Gasteiger partial charge on any atom is -0.396 e. The molecule has 0 heterocycles. The summed E-state index contributed by atoms with van der Waals surface area (Å²) >= 11 is 11.7. The Labute approximate surface area is 139 Å².